The summed E-state index contributed by atoms with van der Waals surface area (Å²) in [6.45, 7) is 3.55. The zero-order valence-electron chi connectivity index (χ0n) is 17.3. The van der Waals surface area contributed by atoms with Crippen molar-refractivity contribution in [3.63, 3.8) is 0 Å². The Kier molecular flexibility index (Phi) is 13.2. The number of hydrogen-bond donors (Lipinski definition) is 8. The Morgan fingerprint density at radius 2 is 1.67 bits per heavy atom. The van der Waals surface area contributed by atoms with E-state index in [1.54, 1.807) is 6.92 Å². The fraction of sp³-hybridized carbons (Fsp3) is 0.706. The number of guanidine groups is 1. The van der Waals surface area contributed by atoms with Crippen molar-refractivity contribution < 1.29 is 24.3 Å². The Morgan fingerprint density at radius 1 is 1.07 bits per heavy atom. The lowest BCUT2D eigenvalue weighted by atomic mass is 9.98. The molecule has 0 saturated heterocycles. The molecule has 0 spiro atoms. The number of aliphatic carboxylic acids is 1. The van der Waals surface area contributed by atoms with Crippen LogP contribution < -0.4 is 33.2 Å². The van der Waals surface area contributed by atoms with Crippen molar-refractivity contribution in [3.8, 4) is 0 Å². The number of hydrogen-bond acceptors (Lipinski definition) is 7. The number of carboxylic acid groups (broad SMARTS) is 1. The van der Waals surface area contributed by atoms with Crippen LogP contribution in [0.5, 0.6) is 0 Å². The van der Waals surface area contributed by atoms with E-state index in [-0.39, 0.29) is 37.1 Å². The first-order valence-electron chi connectivity index (χ1n) is 9.56. The topological polar surface area (TPSA) is 215 Å². The lowest BCUT2D eigenvalue weighted by molar-refractivity contribution is -0.142. The molecule has 13 heteroatoms. The smallest absolute Gasteiger partial charge is 0.326 e. The number of aliphatic imine (C=N–C) groups is 1. The van der Waals surface area contributed by atoms with Crippen LogP contribution in [0, 0.1) is 5.92 Å². The fourth-order valence-electron chi connectivity index (χ4n) is 2.42. The van der Waals surface area contributed by atoms with Gasteiger partial charge < -0.3 is 38.3 Å². The third-order valence-corrected chi connectivity index (χ3v) is 4.74. The molecule has 0 fully saturated rings. The second-order valence-corrected chi connectivity index (χ2v) is 7.09. The van der Waals surface area contributed by atoms with Gasteiger partial charge in [0.25, 0.3) is 0 Å². The summed E-state index contributed by atoms with van der Waals surface area (Å²) in [6, 6.07) is -3.17. The highest BCUT2D eigenvalue weighted by molar-refractivity contribution is 7.80. The molecule has 0 saturated carbocycles. The lowest BCUT2D eigenvalue weighted by Gasteiger charge is -2.26. The molecular weight excluding hydrogens is 414 g/mol. The molecule has 0 aromatic rings. The van der Waals surface area contributed by atoms with Crippen LogP contribution >= 0.6 is 12.6 Å². The Morgan fingerprint density at radius 3 is 2.13 bits per heavy atom. The Labute approximate surface area is 181 Å². The summed E-state index contributed by atoms with van der Waals surface area (Å²) in [5.74, 6) is -3.43. The second kappa shape index (κ2) is 14.4. The monoisotopic (exact) mass is 447 g/mol. The van der Waals surface area contributed by atoms with Crippen molar-refractivity contribution in [3.05, 3.63) is 0 Å². The normalized spacial score (nSPS) is 14.5. The van der Waals surface area contributed by atoms with Crippen LogP contribution in [-0.2, 0) is 19.2 Å². The molecule has 0 aliphatic heterocycles. The Hall–Kier alpha value is -2.54. The van der Waals surface area contributed by atoms with Crippen molar-refractivity contribution in [2.24, 2.45) is 28.1 Å². The largest absolute Gasteiger partial charge is 0.480 e. The van der Waals surface area contributed by atoms with E-state index in [1.165, 1.54) is 0 Å². The second-order valence-electron chi connectivity index (χ2n) is 6.73. The van der Waals surface area contributed by atoms with Crippen LogP contribution in [0.25, 0.3) is 0 Å². The van der Waals surface area contributed by atoms with Gasteiger partial charge in [-0.2, -0.15) is 12.6 Å². The number of nitrogens with one attached hydrogen (secondary N) is 3. The van der Waals surface area contributed by atoms with Crippen molar-refractivity contribution in [2.75, 3.05) is 18.8 Å². The summed E-state index contributed by atoms with van der Waals surface area (Å²) < 4.78 is 0. The maximum absolute atomic E-state index is 12.6. The van der Waals surface area contributed by atoms with Gasteiger partial charge in [0, 0.05) is 12.3 Å². The van der Waals surface area contributed by atoms with E-state index in [0.29, 0.717) is 12.8 Å². The predicted octanol–water partition coefficient (Wildman–Crippen LogP) is -2.49. The predicted molar refractivity (Wildman–Crippen MR) is 116 cm³/mol. The SMILES string of the molecule is CCC(C)C(NC(=O)CN)C(=O)NC(CS)C(=O)NC(CCCN=C(N)N)C(=O)O. The van der Waals surface area contributed by atoms with Gasteiger partial charge in [-0.3, -0.25) is 19.4 Å². The van der Waals surface area contributed by atoms with Gasteiger partial charge in [0.15, 0.2) is 5.96 Å². The van der Waals surface area contributed by atoms with E-state index in [0.717, 1.165) is 0 Å². The minimum absolute atomic E-state index is 0.0734. The number of carbonyl (C=O) groups excluding carboxylic acids is 3. The molecule has 4 atom stereocenters. The quantitative estimate of drug-likeness (QED) is 0.0615. The van der Waals surface area contributed by atoms with E-state index < -0.39 is 41.8 Å². The molecule has 172 valence electrons. The van der Waals surface area contributed by atoms with Gasteiger partial charge in [-0.1, -0.05) is 20.3 Å². The zero-order chi connectivity index (χ0) is 23.3. The maximum atomic E-state index is 12.6. The standard InChI is InChI=1S/C17H33N7O5S/c1-3-9(2)13(24-12(25)7-18)15(27)23-11(8-30)14(26)22-10(16(28)29)5-4-6-21-17(19)20/h9-11,13,30H,3-8,18H2,1-2H3,(H,22,26)(H,23,27)(H,24,25)(H,28,29)(H4,19,20,21). The number of carboxylic acids is 1. The molecule has 0 aromatic carbocycles. The van der Waals surface area contributed by atoms with Crippen LogP contribution in [0.1, 0.15) is 33.1 Å². The number of carbonyl (C=O) groups is 4. The van der Waals surface area contributed by atoms with Gasteiger partial charge >= 0.3 is 5.97 Å². The summed E-state index contributed by atoms with van der Waals surface area (Å²) in [5, 5.41) is 16.7. The first kappa shape index (κ1) is 27.5. The van der Waals surface area contributed by atoms with Crippen LogP contribution in [-0.4, -0.2) is 71.7 Å². The van der Waals surface area contributed by atoms with Crippen molar-refractivity contribution >= 4 is 42.3 Å². The molecule has 3 amide bonds. The van der Waals surface area contributed by atoms with Crippen LogP contribution in [0.4, 0.5) is 0 Å². The molecule has 0 heterocycles. The maximum Gasteiger partial charge on any atom is 0.326 e. The van der Waals surface area contributed by atoms with E-state index in [1.807, 2.05) is 6.92 Å². The van der Waals surface area contributed by atoms with Gasteiger partial charge in [-0.25, -0.2) is 4.79 Å². The minimum Gasteiger partial charge on any atom is -0.480 e. The summed E-state index contributed by atoms with van der Waals surface area (Å²) in [7, 11) is 0. The fourth-order valence-corrected chi connectivity index (χ4v) is 2.68. The lowest BCUT2D eigenvalue weighted by Crippen LogP contribution is -2.58. The summed E-state index contributed by atoms with van der Waals surface area (Å²) >= 11 is 4.07. The van der Waals surface area contributed by atoms with Gasteiger partial charge in [0.2, 0.25) is 17.7 Å². The molecule has 0 bridgehead atoms. The van der Waals surface area contributed by atoms with Gasteiger partial charge in [0.1, 0.15) is 18.1 Å². The third-order valence-electron chi connectivity index (χ3n) is 4.37. The molecular formula is C17H33N7O5S. The first-order chi connectivity index (χ1) is 14.1. The molecule has 0 aliphatic rings. The van der Waals surface area contributed by atoms with Crippen molar-refractivity contribution in [2.45, 2.75) is 51.2 Å². The van der Waals surface area contributed by atoms with Gasteiger partial charge in [-0.05, 0) is 18.8 Å². The third kappa shape index (κ3) is 10.3. The highest BCUT2D eigenvalue weighted by atomic mass is 32.1. The highest BCUT2D eigenvalue weighted by Crippen LogP contribution is 2.09. The average molecular weight is 448 g/mol. The molecule has 12 nitrogen and oxygen atoms in total. The van der Waals surface area contributed by atoms with Crippen LogP contribution in [0.15, 0.2) is 4.99 Å². The summed E-state index contributed by atoms with van der Waals surface area (Å²) in [6.07, 6.45) is 1.01. The molecule has 0 aromatic heterocycles. The number of thiol groups is 1. The summed E-state index contributed by atoms with van der Waals surface area (Å²) in [4.78, 5) is 51.9. The minimum atomic E-state index is -1.23. The first-order valence-corrected chi connectivity index (χ1v) is 10.2. The highest BCUT2D eigenvalue weighted by Gasteiger charge is 2.30. The molecule has 0 aliphatic carbocycles. The number of amides is 3. The number of rotatable bonds is 14. The van der Waals surface area contributed by atoms with E-state index in [9.17, 15) is 24.3 Å². The number of nitrogens with zero attached hydrogens (tertiary/aromatic N) is 1. The molecule has 0 rings (SSSR count). The molecule has 30 heavy (non-hydrogen) atoms. The number of nitrogens with two attached hydrogens (primary N) is 3. The molecule has 10 N–H and O–H groups in total. The zero-order valence-corrected chi connectivity index (χ0v) is 18.2. The average Bonchev–Trinajstić information content (AvgIpc) is 2.70. The van der Waals surface area contributed by atoms with Crippen molar-refractivity contribution in [1.29, 1.82) is 0 Å². The van der Waals surface area contributed by atoms with E-state index in [2.05, 4.69) is 33.6 Å². The van der Waals surface area contributed by atoms with E-state index in [4.69, 9.17) is 17.2 Å². The van der Waals surface area contributed by atoms with Crippen LogP contribution in [0.3, 0.4) is 0 Å². The van der Waals surface area contributed by atoms with Crippen LogP contribution in [0.2, 0.25) is 0 Å². The van der Waals surface area contributed by atoms with Crippen molar-refractivity contribution in [1.82, 2.24) is 16.0 Å². The Bertz CT molecular complexity index is 628. The Balaban J connectivity index is 5.06. The van der Waals surface area contributed by atoms with E-state index >= 15 is 0 Å². The van der Waals surface area contributed by atoms with Gasteiger partial charge in [0.05, 0.1) is 6.54 Å². The molecule has 0 radical (unpaired) electrons. The molecule has 4 unspecified atom stereocenters. The van der Waals surface area contributed by atoms with Gasteiger partial charge in [-0.15, -0.1) is 0 Å². The summed E-state index contributed by atoms with van der Waals surface area (Å²) in [5.41, 5.74) is 15.7.